The van der Waals surface area contributed by atoms with Gasteiger partial charge in [-0.3, -0.25) is 24.6 Å². The molecule has 34 heavy (non-hydrogen) atoms. The Bertz CT molecular complexity index is 1210. The Morgan fingerprint density at radius 2 is 2.18 bits per heavy atom. The van der Waals surface area contributed by atoms with Crippen molar-refractivity contribution >= 4 is 45.6 Å². The predicted molar refractivity (Wildman–Crippen MR) is 114 cm³/mol. The molecule has 1 unspecified atom stereocenters. The maximum absolute atomic E-state index is 13.1. The highest BCUT2D eigenvalue weighted by Gasteiger charge is 2.58. The molecule has 2 saturated heterocycles. The van der Waals surface area contributed by atoms with Gasteiger partial charge in [0.15, 0.2) is 10.7 Å². The van der Waals surface area contributed by atoms with Gasteiger partial charge in [-0.05, 0) is 13.8 Å². The first-order valence-electron chi connectivity index (χ1n) is 9.65. The highest BCUT2D eigenvalue weighted by atomic mass is 32.2. The number of aliphatic carboxylic acids is 1. The van der Waals surface area contributed by atoms with Crippen molar-refractivity contribution in [2.75, 3.05) is 6.54 Å². The van der Waals surface area contributed by atoms with Crippen LogP contribution in [0.15, 0.2) is 28.7 Å². The van der Waals surface area contributed by atoms with Crippen LogP contribution in [0, 0.1) is 0 Å². The smallest absolute Gasteiger partial charge is 0.362 e. The first kappa shape index (κ1) is 23.9. The highest BCUT2D eigenvalue weighted by Crippen LogP contribution is 2.49. The number of nitrogens with zero attached hydrogens (tertiary/aromatic N) is 6. The van der Waals surface area contributed by atoms with Crippen LogP contribution < -0.4 is 11.1 Å². The van der Waals surface area contributed by atoms with E-state index in [4.69, 9.17) is 10.6 Å². The molecule has 1 aromatic heterocycles. The van der Waals surface area contributed by atoms with Gasteiger partial charge in [0.25, 0.3) is 11.8 Å². The molecule has 2 amide bonds. The number of aromatic nitrogens is 3. The van der Waals surface area contributed by atoms with Crippen molar-refractivity contribution < 1.29 is 37.3 Å². The van der Waals surface area contributed by atoms with Gasteiger partial charge in [-0.15, -0.1) is 5.10 Å². The van der Waals surface area contributed by atoms with Crippen LogP contribution in [0.1, 0.15) is 13.8 Å². The number of carboxylic acid groups (broad SMARTS) is 1. The first-order chi connectivity index (χ1) is 15.7. The molecular weight excluding hydrogens is 496 g/mol. The van der Waals surface area contributed by atoms with E-state index in [0.29, 0.717) is 6.54 Å². The summed E-state index contributed by atoms with van der Waals surface area (Å²) in [5.74, 6) is -3.36. The number of carbonyl (C=O) groups excluding carboxylic acids is 2. The average Bonchev–Trinajstić information content (AvgIpc) is 3.04. The average molecular weight is 517 g/mol. The van der Waals surface area contributed by atoms with Crippen LogP contribution in [0.5, 0.6) is 0 Å². The van der Waals surface area contributed by atoms with Crippen LogP contribution in [0.3, 0.4) is 0 Å². The van der Waals surface area contributed by atoms with Crippen molar-refractivity contribution in [1.29, 1.82) is 0 Å². The number of nitrogens with one attached hydrogen (secondary N) is 1. The second-order valence-electron chi connectivity index (χ2n) is 8.15. The number of amides is 2. The van der Waals surface area contributed by atoms with Crippen LogP contribution in [-0.4, -0.2) is 95.0 Å². The topological polar surface area (TPSA) is 222 Å². The number of nitrogens with two attached hydrogens (primary N) is 1. The summed E-state index contributed by atoms with van der Waals surface area (Å²) in [6.45, 7) is 2.64. The number of fused-ring (bicyclic) bond motifs is 1. The lowest BCUT2D eigenvalue weighted by Crippen LogP contribution is -2.73. The summed E-state index contributed by atoms with van der Waals surface area (Å²) in [5.41, 5.74) is 4.19. The molecule has 0 spiro atoms. The van der Waals surface area contributed by atoms with Gasteiger partial charge in [0, 0.05) is 11.6 Å². The summed E-state index contributed by atoms with van der Waals surface area (Å²) >= 11 is 1.22. The summed E-state index contributed by atoms with van der Waals surface area (Å²) in [7, 11) is -4.91. The molecule has 18 heteroatoms. The van der Waals surface area contributed by atoms with Crippen molar-refractivity contribution in [2.45, 2.75) is 43.1 Å². The maximum atomic E-state index is 13.1. The van der Waals surface area contributed by atoms with Crippen LogP contribution in [0.4, 0.5) is 0 Å². The molecule has 0 aliphatic carbocycles. The van der Waals surface area contributed by atoms with Crippen LogP contribution in [-0.2, 0) is 36.1 Å². The minimum absolute atomic E-state index is 0.206. The fourth-order valence-electron chi connectivity index (χ4n) is 3.26. The molecule has 3 atom stereocenters. The molecule has 2 fully saturated rings. The standard InChI is InChI=1S/C16H20N8O8S2/c1-15(2,14(27)28)32-20-10(9-6-33-16(17)7-23(9)16)12(25)19-11-8(5-22-4-3-18-21-22)24(13(11)26)34(29,30)31/h3-4,6,8,11H,5,7,17H2,1-2H3,(H,19,25)(H,27,28)(H,29,30,31)/b20-10-/t8-,11+,16?,23?/m1/s1. The number of β-lactam (4-membered cyclic amide) rings is 1. The van der Waals surface area contributed by atoms with Crippen LogP contribution >= 0.6 is 11.8 Å². The number of hydrogen-bond donors (Lipinski definition) is 4. The molecule has 3 aliphatic rings. The van der Waals surface area contributed by atoms with Gasteiger partial charge in [0.2, 0.25) is 5.60 Å². The predicted octanol–water partition coefficient (Wildman–Crippen LogP) is -2.47. The van der Waals surface area contributed by atoms with Crippen molar-refractivity contribution in [2.24, 2.45) is 10.9 Å². The number of oxime groups is 1. The molecule has 184 valence electrons. The number of carbonyl (C=O) groups is 3. The second-order valence-corrected chi connectivity index (χ2v) is 10.6. The molecule has 0 bridgehead atoms. The Morgan fingerprint density at radius 1 is 1.47 bits per heavy atom. The monoisotopic (exact) mass is 516 g/mol. The zero-order valence-electron chi connectivity index (χ0n) is 17.7. The zero-order chi connectivity index (χ0) is 25.1. The fraction of sp³-hybridized carbons (Fsp3) is 0.500. The number of thioether (sulfide) groups is 1. The van der Waals surface area contributed by atoms with E-state index < -0.39 is 50.8 Å². The van der Waals surface area contributed by atoms with E-state index in [1.54, 1.807) is 10.3 Å². The number of carboxylic acids is 1. The molecule has 0 saturated carbocycles. The second kappa shape index (κ2) is 7.93. The quantitative estimate of drug-likeness (QED) is 0.0879. The van der Waals surface area contributed by atoms with Gasteiger partial charge >= 0.3 is 16.3 Å². The van der Waals surface area contributed by atoms with E-state index in [0.717, 1.165) is 0 Å². The summed E-state index contributed by atoms with van der Waals surface area (Å²) in [4.78, 5) is 42.9. The maximum Gasteiger partial charge on any atom is 0.362 e. The van der Waals surface area contributed by atoms with E-state index in [1.165, 1.54) is 42.7 Å². The van der Waals surface area contributed by atoms with Crippen molar-refractivity contribution in [3.05, 3.63) is 23.5 Å². The summed E-state index contributed by atoms with van der Waals surface area (Å²) in [5, 5.41) is 24.2. The Morgan fingerprint density at radius 3 is 2.68 bits per heavy atom. The van der Waals surface area contributed by atoms with Crippen LogP contribution in [0.25, 0.3) is 0 Å². The summed E-state index contributed by atoms with van der Waals surface area (Å²) in [6.07, 6.45) is 2.73. The van der Waals surface area contributed by atoms with Gasteiger partial charge < -0.3 is 20.2 Å². The van der Waals surface area contributed by atoms with E-state index in [-0.39, 0.29) is 22.3 Å². The van der Waals surface area contributed by atoms with E-state index >= 15 is 0 Å². The molecule has 4 heterocycles. The highest BCUT2D eigenvalue weighted by molar-refractivity contribution is 8.04. The number of rotatable bonds is 9. The van der Waals surface area contributed by atoms with Gasteiger partial charge in [-0.2, -0.15) is 8.42 Å². The molecule has 4 rings (SSSR count). The van der Waals surface area contributed by atoms with Gasteiger partial charge in [-0.1, -0.05) is 22.1 Å². The molecule has 16 nitrogen and oxygen atoms in total. The third-order valence-electron chi connectivity index (χ3n) is 5.29. The van der Waals surface area contributed by atoms with E-state index in [2.05, 4.69) is 20.8 Å². The van der Waals surface area contributed by atoms with Gasteiger partial charge in [0.05, 0.1) is 31.0 Å². The van der Waals surface area contributed by atoms with Gasteiger partial charge in [-0.25, -0.2) is 9.10 Å². The molecule has 1 aromatic rings. The molecule has 0 radical (unpaired) electrons. The molecular formula is C16H20N8O8S2. The minimum atomic E-state index is -4.91. The Balaban J connectivity index is 1.59. The SMILES string of the molecule is CC(C)(O/N=C(\C(=O)N[C@@H]1C(=O)N(S(=O)(=O)O)[C@@H]1Cn1ccnn1)C1=CSC2(N)CN12)C(=O)O. The largest absolute Gasteiger partial charge is 0.478 e. The lowest BCUT2D eigenvalue weighted by atomic mass is 9.98. The molecule has 0 aromatic carbocycles. The Labute approximate surface area is 196 Å². The van der Waals surface area contributed by atoms with E-state index in [9.17, 15) is 32.5 Å². The Hall–Kier alpha value is -3.22. The third kappa shape index (κ3) is 4.19. The van der Waals surface area contributed by atoms with Crippen molar-refractivity contribution in [3.63, 3.8) is 0 Å². The molecule has 3 aliphatic heterocycles. The summed E-state index contributed by atoms with van der Waals surface area (Å²) in [6, 6.07) is -2.59. The van der Waals surface area contributed by atoms with E-state index in [1.807, 2.05) is 0 Å². The Kier molecular flexibility index (Phi) is 5.58. The summed E-state index contributed by atoms with van der Waals surface area (Å²) < 4.78 is 34.2. The zero-order valence-corrected chi connectivity index (χ0v) is 19.4. The molecule has 5 N–H and O–H groups in total. The normalized spacial score (nSPS) is 26.5. The third-order valence-corrected chi connectivity index (χ3v) is 7.34. The lowest BCUT2D eigenvalue weighted by Gasteiger charge is -2.43. The van der Waals surface area contributed by atoms with Gasteiger partial charge in [0.1, 0.15) is 6.04 Å². The fourth-order valence-corrected chi connectivity index (χ4v) is 5.12. The van der Waals surface area contributed by atoms with Crippen LogP contribution in [0.2, 0.25) is 0 Å². The minimum Gasteiger partial charge on any atom is -0.478 e. The van der Waals surface area contributed by atoms with Crippen molar-refractivity contribution in [1.82, 2.24) is 29.5 Å². The number of hydrogen-bond acceptors (Lipinski definition) is 12. The lowest BCUT2D eigenvalue weighted by molar-refractivity contribution is -0.161. The van der Waals surface area contributed by atoms with Crippen molar-refractivity contribution in [3.8, 4) is 0 Å². The first-order valence-corrected chi connectivity index (χ1v) is 11.9.